The summed E-state index contributed by atoms with van der Waals surface area (Å²) in [5, 5.41) is 10.2. The van der Waals surface area contributed by atoms with E-state index in [-0.39, 0.29) is 5.56 Å². The van der Waals surface area contributed by atoms with Crippen molar-refractivity contribution in [3.8, 4) is 11.1 Å². The van der Waals surface area contributed by atoms with Crippen molar-refractivity contribution >= 4 is 60.5 Å². The van der Waals surface area contributed by atoms with Gasteiger partial charge < -0.3 is 20.9 Å². The molecule has 0 spiro atoms. The lowest BCUT2D eigenvalue weighted by atomic mass is 10.00. The fraction of sp³-hybridized carbons (Fsp3) is 0.262. The molecule has 4 N–H and O–H groups in total. The number of carbonyl (C=O) groups is 1. The molecule has 0 aliphatic rings. The molecule has 0 aromatic heterocycles. The van der Waals surface area contributed by atoms with Gasteiger partial charge in [-0.3, -0.25) is 4.79 Å². The molecule has 0 fully saturated rings. The Morgan fingerprint density at radius 2 is 1.47 bits per heavy atom. The summed E-state index contributed by atoms with van der Waals surface area (Å²) < 4.78 is 96.5. The Morgan fingerprint density at radius 1 is 0.814 bits per heavy atom. The molecule has 1 amide bonds. The summed E-state index contributed by atoms with van der Waals surface area (Å²) in [6, 6.07) is 32.7. The Balaban J connectivity index is 1.24. The minimum Gasteiger partial charge on any atom is -0.384 e. The number of sulfone groups is 1. The first-order chi connectivity index (χ1) is 28.1. The topological polar surface area (TPSA) is 137 Å². The monoisotopic (exact) mass is 887 g/mol. The van der Waals surface area contributed by atoms with Crippen molar-refractivity contribution in [2.24, 2.45) is 0 Å². The smallest absolute Gasteiger partial charge is 0.384 e. The molecule has 314 valence electrons. The van der Waals surface area contributed by atoms with E-state index in [0.29, 0.717) is 61.8 Å². The van der Waals surface area contributed by atoms with Crippen LogP contribution >= 0.6 is 23.4 Å². The number of hydrogen-bond donors (Lipinski definition) is 4. The van der Waals surface area contributed by atoms with E-state index in [9.17, 15) is 34.8 Å². The van der Waals surface area contributed by atoms with Crippen molar-refractivity contribution in [3.63, 3.8) is 0 Å². The van der Waals surface area contributed by atoms with Crippen molar-refractivity contribution in [1.82, 2.24) is 14.9 Å². The van der Waals surface area contributed by atoms with Crippen LogP contribution in [-0.4, -0.2) is 77.7 Å². The van der Waals surface area contributed by atoms with E-state index in [2.05, 4.69) is 16.0 Å². The SMILES string of the molecule is CCN(CC)C[C@H](CSc1ccccc1)Nc1ccc(S(=O)(=O)NC(=O)c2ccc(NCCNCc3ccccc3-c3ccc(Cl)cc3)cc2)cc1S(=O)(=O)C(F)(F)F. The van der Waals surface area contributed by atoms with Crippen molar-refractivity contribution in [1.29, 1.82) is 0 Å². The molecule has 5 rings (SSSR count). The lowest BCUT2D eigenvalue weighted by molar-refractivity contribution is -0.0435. The highest BCUT2D eigenvalue weighted by Gasteiger charge is 2.48. The molecule has 5 aromatic rings. The van der Waals surface area contributed by atoms with Crippen molar-refractivity contribution < 1.29 is 34.8 Å². The third-order valence-corrected chi connectivity index (χ3v) is 13.6. The summed E-state index contributed by atoms with van der Waals surface area (Å²) in [6.07, 6.45) is 0. The lowest BCUT2D eigenvalue weighted by Crippen LogP contribution is -2.39. The average Bonchev–Trinajstić information content (AvgIpc) is 3.22. The van der Waals surface area contributed by atoms with Gasteiger partial charge in [0.25, 0.3) is 25.8 Å². The third kappa shape index (κ3) is 12.5. The van der Waals surface area contributed by atoms with E-state index in [0.717, 1.165) is 33.7 Å². The van der Waals surface area contributed by atoms with Crippen LogP contribution in [0, 0.1) is 0 Å². The normalized spacial score (nSPS) is 12.6. The predicted molar refractivity (Wildman–Crippen MR) is 230 cm³/mol. The summed E-state index contributed by atoms with van der Waals surface area (Å²) in [7, 11) is -10.9. The van der Waals surface area contributed by atoms with Crippen molar-refractivity contribution in [2.75, 3.05) is 49.1 Å². The van der Waals surface area contributed by atoms with Crippen LogP contribution in [0.25, 0.3) is 11.1 Å². The maximum atomic E-state index is 14.0. The van der Waals surface area contributed by atoms with Crippen LogP contribution in [-0.2, 0) is 26.4 Å². The van der Waals surface area contributed by atoms with Crippen LogP contribution in [0.15, 0.2) is 136 Å². The summed E-state index contributed by atoms with van der Waals surface area (Å²) in [4.78, 5) is 13.9. The Morgan fingerprint density at radius 3 is 2.14 bits per heavy atom. The van der Waals surface area contributed by atoms with E-state index < -0.39 is 52.8 Å². The number of alkyl halides is 3. The van der Waals surface area contributed by atoms with Crippen LogP contribution in [0.2, 0.25) is 5.02 Å². The van der Waals surface area contributed by atoms with Crippen LogP contribution in [0.1, 0.15) is 29.8 Å². The number of nitrogens with zero attached hydrogens (tertiary/aromatic N) is 1. The molecule has 10 nitrogen and oxygen atoms in total. The Bertz CT molecular complexity index is 2390. The molecule has 0 unspecified atom stereocenters. The minimum atomic E-state index is -6.04. The summed E-state index contributed by atoms with van der Waals surface area (Å²) in [5.41, 5.74) is -2.30. The number of hydrogen-bond acceptors (Lipinski definition) is 10. The fourth-order valence-corrected chi connectivity index (χ4v) is 9.17. The molecule has 17 heteroatoms. The summed E-state index contributed by atoms with van der Waals surface area (Å²) >= 11 is 7.48. The molecular formula is C42H45ClF3N5O5S3. The molecule has 0 saturated carbocycles. The van der Waals surface area contributed by atoms with Crippen LogP contribution in [0.4, 0.5) is 24.5 Å². The van der Waals surface area contributed by atoms with Gasteiger partial charge in [-0.05, 0) is 96.5 Å². The molecule has 0 aliphatic heterocycles. The predicted octanol–water partition coefficient (Wildman–Crippen LogP) is 8.54. The molecule has 59 heavy (non-hydrogen) atoms. The van der Waals surface area contributed by atoms with Gasteiger partial charge in [0, 0.05) is 59.1 Å². The van der Waals surface area contributed by atoms with Gasteiger partial charge in [0.1, 0.15) is 4.90 Å². The first kappa shape index (κ1) is 45.5. The molecule has 0 radical (unpaired) electrons. The quantitative estimate of drug-likeness (QED) is 0.0445. The highest BCUT2D eigenvalue weighted by Crippen LogP contribution is 2.36. The lowest BCUT2D eigenvalue weighted by Gasteiger charge is -2.28. The van der Waals surface area contributed by atoms with Crippen LogP contribution in [0.5, 0.6) is 0 Å². The van der Waals surface area contributed by atoms with E-state index in [4.69, 9.17) is 11.6 Å². The highest BCUT2D eigenvalue weighted by atomic mass is 35.5. The van der Waals surface area contributed by atoms with Gasteiger partial charge in [-0.15, -0.1) is 11.8 Å². The molecule has 1 atom stereocenters. The zero-order valence-electron chi connectivity index (χ0n) is 32.3. The third-order valence-electron chi connectivity index (χ3n) is 9.28. The minimum absolute atomic E-state index is 0.0485. The molecule has 0 saturated heterocycles. The van der Waals surface area contributed by atoms with Gasteiger partial charge in [-0.1, -0.05) is 80.0 Å². The number of thioether (sulfide) groups is 1. The number of benzene rings is 5. The second-order valence-electron chi connectivity index (χ2n) is 13.3. The zero-order valence-corrected chi connectivity index (χ0v) is 35.5. The maximum Gasteiger partial charge on any atom is 0.501 e. The zero-order chi connectivity index (χ0) is 42.6. The van der Waals surface area contributed by atoms with Gasteiger partial charge in [0.05, 0.1) is 10.6 Å². The average molecular weight is 889 g/mol. The summed E-state index contributed by atoms with van der Waals surface area (Å²) in [5.74, 6) is -0.703. The van der Waals surface area contributed by atoms with Gasteiger partial charge in [-0.2, -0.15) is 13.2 Å². The largest absolute Gasteiger partial charge is 0.501 e. The van der Waals surface area contributed by atoms with Crippen molar-refractivity contribution in [2.45, 2.75) is 46.6 Å². The number of nitrogens with one attached hydrogen (secondary N) is 4. The fourth-order valence-electron chi connectivity index (χ4n) is 6.09. The van der Waals surface area contributed by atoms with E-state index in [1.54, 1.807) is 12.1 Å². The van der Waals surface area contributed by atoms with Gasteiger partial charge in [-0.25, -0.2) is 21.6 Å². The second-order valence-corrected chi connectivity index (χ2v) is 18.5. The number of carbonyl (C=O) groups excluding carboxylic acids is 1. The van der Waals surface area contributed by atoms with E-state index in [1.807, 2.05) is 102 Å². The summed E-state index contributed by atoms with van der Waals surface area (Å²) in [6.45, 7) is 7.22. The van der Waals surface area contributed by atoms with E-state index >= 15 is 0 Å². The number of rotatable bonds is 20. The number of halogens is 4. The van der Waals surface area contributed by atoms with Gasteiger partial charge in [0.2, 0.25) is 0 Å². The molecular weight excluding hydrogens is 843 g/mol. The number of amides is 1. The van der Waals surface area contributed by atoms with Crippen LogP contribution < -0.4 is 20.7 Å². The van der Waals surface area contributed by atoms with Crippen LogP contribution in [0.3, 0.4) is 0 Å². The standard InChI is InChI=1S/C42H45ClF3N5O5S3/c1-3-51(4-2)28-35(29-57-36-11-6-5-7-12-36)49-39-23-22-37(26-40(39)58(53,54)42(44,45)46)59(55,56)50-41(52)31-16-20-34(21-17-31)48-25-24-47-27-32-10-8-9-13-38(32)30-14-18-33(43)19-15-30/h5-23,26,35,47-49H,3-4,24-25,27-29H2,1-2H3,(H,50,52)/t35-/m1/s1. The Kier molecular flexibility index (Phi) is 15.9. The van der Waals surface area contributed by atoms with Crippen molar-refractivity contribution in [3.05, 3.63) is 137 Å². The molecule has 0 bridgehead atoms. The maximum absolute atomic E-state index is 14.0. The molecule has 0 aliphatic carbocycles. The highest BCUT2D eigenvalue weighted by molar-refractivity contribution is 7.99. The molecule has 5 aromatic carbocycles. The van der Waals surface area contributed by atoms with Gasteiger partial charge >= 0.3 is 5.51 Å². The Hall–Kier alpha value is -4.58. The number of likely N-dealkylation sites (N-methyl/N-ethyl adjacent to an activating group) is 1. The number of sulfonamides is 1. The van der Waals surface area contributed by atoms with E-state index in [1.165, 1.54) is 23.9 Å². The molecule has 0 heterocycles. The number of anilines is 2. The first-order valence-corrected chi connectivity index (χ1v) is 23.0. The van der Waals surface area contributed by atoms with Gasteiger partial charge in [0.15, 0.2) is 0 Å². The second kappa shape index (κ2) is 20.6. The Labute approximate surface area is 352 Å². The first-order valence-electron chi connectivity index (χ1n) is 18.7.